The molecule has 38 heavy (non-hydrogen) atoms. The number of rotatable bonds is 5. The van der Waals surface area contributed by atoms with Crippen molar-refractivity contribution in [1.29, 1.82) is 0 Å². The van der Waals surface area contributed by atoms with E-state index in [4.69, 9.17) is 16.3 Å². The molecular formula is C31H30ClN3O3. The molecule has 1 fully saturated rings. The molecule has 6 rings (SSSR count). The first-order chi connectivity index (χ1) is 18.4. The number of fused-ring (bicyclic) bond motifs is 2. The Morgan fingerprint density at radius 1 is 1.13 bits per heavy atom. The van der Waals surface area contributed by atoms with Crippen LogP contribution in [0.2, 0.25) is 5.02 Å². The van der Waals surface area contributed by atoms with Gasteiger partial charge in [-0.1, -0.05) is 48.0 Å². The Morgan fingerprint density at radius 3 is 2.68 bits per heavy atom. The highest BCUT2D eigenvalue weighted by Gasteiger charge is 2.35. The van der Waals surface area contributed by atoms with Crippen molar-refractivity contribution in [2.45, 2.75) is 31.4 Å². The highest BCUT2D eigenvalue weighted by atomic mass is 35.5. The van der Waals surface area contributed by atoms with Crippen molar-refractivity contribution in [2.24, 2.45) is 0 Å². The summed E-state index contributed by atoms with van der Waals surface area (Å²) in [7, 11) is 1.66. The fourth-order valence-corrected chi connectivity index (χ4v) is 5.67. The predicted molar refractivity (Wildman–Crippen MR) is 151 cm³/mol. The van der Waals surface area contributed by atoms with E-state index in [0.29, 0.717) is 31.0 Å². The standard InChI is InChI=1S/C31H30ClN3O3/c1-38-24-11-12-29-25(18-24)26(28-17-21-5-3-2-4-6-27(21)33-28)19-35(29)20-30(36)34-15-13-31(37,14-16-34)22-7-9-23(32)10-8-22/h2-3,5-12,17-19,33,37H,4,13-16,20H2,1H3. The molecule has 7 heteroatoms. The summed E-state index contributed by atoms with van der Waals surface area (Å²) in [6.07, 6.45) is 12.4. The van der Waals surface area contributed by atoms with Crippen molar-refractivity contribution in [3.8, 4) is 17.0 Å². The SMILES string of the molecule is COc1ccc2c(c1)c(-c1cc3c([nH]1)=CCC=CC=3)cn2CC(=O)N1CCC(O)(c2ccc(Cl)cc2)CC1. The third-order valence-electron chi connectivity index (χ3n) is 7.76. The summed E-state index contributed by atoms with van der Waals surface area (Å²) in [5.74, 6) is 0.811. The number of likely N-dealkylation sites (tertiary alicyclic amines) is 1. The van der Waals surface area contributed by atoms with Crippen LogP contribution in [0.25, 0.3) is 34.3 Å². The molecule has 2 aromatic heterocycles. The second kappa shape index (κ2) is 9.86. The van der Waals surface area contributed by atoms with Gasteiger partial charge in [0.15, 0.2) is 0 Å². The number of ether oxygens (including phenoxy) is 1. The Morgan fingerprint density at radius 2 is 1.92 bits per heavy atom. The average Bonchev–Trinajstić information content (AvgIpc) is 3.42. The van der Waals surface area contributed by atoms with Crippen LogP contribution in [-0.2, 0) is 16.9 Å². The molecule has 0 spiro atoms. The van der Waals surface area contributed by atoms with E-state index in [0.717, 1.165) is 50.5 Å². The maximum atomic E-state index is 13.4. The summed E-state index contributed by atoms with van der Waals surface area (Å²) in [5.41, 5.74) is 2.91. The largest absolute Gasteiger partial charge is 0.497 e. The van der Waals surface area contributed by atoms with Gasteiger partial charge in [-0.05, 0) is 66.4 Å². The van der Waals surface area contributed by atoms with Gasteiger partial charge in [0.2, 0.25) is 5.91 Å². The predicted octanol–water partition coefficient (Wildman–Crippen LogP) is 4.33. The van der Waals surface area contributed by atoms with Crippen molar-refractivity contribution < 1.29 is 14.6 Å². The second-order valence-electron chi connectivity index (χ2n) is 10.1. The molecular weight excluding hydrogens is 498 g/mol. The van der Waals surface area contributed by atoms with Gasteiger partial charge in [-0.3, -0.25) is 4.79 Å². The van der Waals surface area contributed by atoms with Gasteiger partial charge in [0.25, 0.3) is 0 Å². The summed E-state index contributed by atoms with van der Waals surface area (Å²) in [5, 5.41) is 15.1. The Balaban J connectivity index is 1.27. The molecule has 1 aliphatic carbocycles. The van der Waals surface area contributed by atoms with Crippen molar-refractivity contribution in [1.82, 2.24) is 14.5 Å². The van der Waals surface area contributed by atoms with E-state index in [9.17, 15) is 9.90 Å². The summed E-state index contributed by atoms with van der Waals surface area (Å²) >= 11 is 6.02. The van der Waals surface area contributed by atoms with Crippen molar-refractivity contribution >= 4 is 40.6 Å². The highest BCUT2D eigenvalue weighted by molar-refractivity contribution is 6.30. The van der Waals surface area contributed by atoms with E-state index < -0.39 is 5.60 Å². The Bertz CT molecular complexity index is 1650. The molecule has 6 nitrogen and oxygen atoms in total. The van der Waals surface area contributed by atoms with Gasteiger partial charge in [0.1, 0.15) is 12.3 Å². The zero-order chi connectivity index (χ0) is 26.3. The Kier molecular flexibility index (Phi) is 6.38. The van der Waals surface area contributed by atoms with E-state index in [1.807, 2.05) is 39.8 Å². The number of nitrogens with zero attached hydrogens (tertiary/aromatic N) is 2. The molecule has 0 atom stereocenters. The minimum atomic E-state index is -0.944. The minimum Gasteiger partial charge on any atom is -0.497 e. The number of aromatic nitrogens is 2. The zero-order valence-corrected chi connectivity index (χ0v) is 22.0. The summed E-state index contributed by atoms with van der Waals surface area (Å²) in [4.78, 5) is 18.8. The number of H-pyrrole nitrogens is 1. The first kappa shape index (κ1) is 24.6. The monoisotopic (exact) mass is 527 g/mol. The molecule has 0 bridgehead atoms. The normalized spacial score (nSPS) is 16.4. The Hall–Kier alpha value is -3.74. The number of hydrogen-bond acceptors (Lipinski definition) is 3. The van der Waals surface area contributed by atoms with Gasteiger partial charge in [0, 0.05) is 51.8 Å². The molecule has 2 aliphatic rings. The van der Waals surface area contributed by atoms with Crippen LogP contribution in [0, 0.1) is 0 Å². The van der Waals surface area contributed by atoms with E-state index in [1.165, 1.54) is 0 Å². The van der Waals surface area contributed by atoms with Crippen LogP contribution in [0.5, 0.6) is 5.75 Å². The van der Waals surface area contributed by atoms with Crippen molar-refractivity contribution in [3.05, 3.63) is 88.0 Å². The summed E-state index contributed by atoms with van der Waals surface area (Å²) < 4.78 is 7.53. The first-order valence-electron chi connectivity index (χ1n) is 12.9. The van der Waals surface area contributed by atoms with Gasteiger partial charge in [-0.15, -0.1) is 0 Å². The van der Waals surface area contributed by atoms with E-state index in [2.05, 4.69) is 41.6 Å². The van der Waals surface area contributed by atoms with Gasteiger partial charge in [-0.2, -0.15) is 0 Å². The molecule has 2 N–H and O–H groups in total. The van der Waals surface area contributed by atoms with Crippen LogP contribution in [0.15, 0.2) is 66.9 Å². The molecule has 1 aliphatic heterocycles. The number of benzene rings is 2. The fraction of sp³-hybridized carbons (Fsp3) is 0.258. The molecule has 3 heterocycles. The van der Waals surface area contributed by atoms with E-state index in [1.54, 1.807) is 19.2 Å². The van der Waals surface area contributed by atoms with Gasteiger partial charge < -0.3 is 24.3 Å². The smallest absolute Gasteiger partial charge is 0.242 e. The average molecular weight is 528 g/mol. The number of nitrogens with one attached hydrogen (secondary N) is 1. The molecule has 1 saturated heterocycles. The summed E-state index contributed by atoms with van der Waals surface area (Å²) in [6.45, 7) is 1.23. The fourth-order valence-electron chi connectivity index (χ4n) is 5.54. The molecule has 194 valence electrons. The quantitative estimate of drug-likeness (QED) is 0.406. The van der Waals surface area contributed by atoms with Crippen LogP contribution < -0.4 is 15.3 Å². The van der Waals surface area contributed by atoms with Crippen LogP contribution in [0.1, 0.15) is 24.8 Å². The van der Waals surface area contributed by atoms with E-state index >= 15 is 0 Å². The number of halogens is 1. The van der Waals surface area contributed by atoms with Crippen LogP contribution >= 0.6 is 11.6 Å². The third-order valence-corrected chi connectivity index (χ3v) is 8.01. The minimum absolute atomic E-state index is 0.0384. The van der Waals surface area contributed by atoms with Crippen molar-refractivity contribution in [3.63, 3.8) is 0 Å². The maximum absolute atomic E-state index is 13.4. The molecule has 4 aromatic rings. The maximum Gasteiger partial charge on any atom is 0.242 e. The summed E-state index contributed by atoms with van der Waals surface area (Å²) in [6, 6.07) is 15.4. The number of allylic oxidation sites excluding steroid dienone is 2. The molecule has 1 amide bonds. The number of aromatic amines is 1. The van der Waals surface area contributed by atoms with Crippen LogP contribution in [0.3, 0.4) is 0 Å². The zero-order valence-electron chi connectivity index (χ0n) is 21.3. The third kappa shape index (κ3) is 4.55. The lowest BCUT2D eigenvalue weighted by Gasteiger charge is -2.38. The van der Waals surface area contributed by atoms with Crippen LogP contribution in [-0.4, -0.2) is 45.7 Å². The highest BCUT2D eigenvalue weighted by Crippen LogP contribution is 2.35. The Labute approximate surface area is 226 Å². The van der Waals surface area contributed by atoms with Gasteiger partial charge in [0.05, 0.1) is 12.7 Å². The number of amides is 1. The molecule has 2 aromatic carbocycles. The lowest BCUT2D eigenvalue weighted by molar-refractivity contribution is -0.136. The number of methoxy groups -OCH3 is 1. The lowest BCUT2D eigenvalue weighted by Crippen LogP contribution is -2.46. The first-order valence-corrected chi connectivity index (χ1v) is 13.3. The number of hydrogen-bond donors (Lipinski definition) is 2. The molecule has 0 radical (unpaired) electrons. The topological polar surface area (TPSA) is 70.5 Å². The van der Waals surface area contributed by atoms with E-state index in [-0.39, 0.29) is 12.5 Å². The lowest BCUT2D eigenvalue weighted by atomic mass is 9.84. The number of carbonyl (C=O) groups excluding carboxylic acids is 1. The second-order valence-corrected chi connectivity index (χ2v) is 10.5. The molecule has 0 unspecified atom stereocenters. The van der Waals surface area contributed by atoms with Gasteiger partial charge in [-0.25, -0.2) is 0 Å². The number of piperidine rings is 1. The van der Waals surface area contributed by atoms with Crippen molar-refractivity contribution in [2.75, 3.05) is 20.2 Å². The molecule has 0 saturated carbocycles. The number of carbonyl (C=O) groups is 1. The number of aliphatic hydroxyl groups is 1. The van der Waals surface area contributed by atoms with Crippen LogP contribution in [0.4, 0.5) is 0 Å². The van der Waals surface area contributed by atoms with Gasteiger partial charge >= 0.3 is 0 Å².